The summed E-state index contributed by atoms with van der Waals surface area (Å²) in [5.74, 6) is -8.89. The van der Waals surface area contributed by atoms with Crippen LogP contribution in [-0.4, -0.2) is 18.9 Å². The Balaban J connectivity index is 2.42. The summed E-state index contributed by atoms with van der Waals surface area (Å²) in [6, 6.07) is 2.87. The van der Waals surface area contributed by atoms with Gasteiger partial charge in [-0.1, -0.05) is 0 Å². The second-order valence-electron chi connectivity index (χ2n) is 4.89. The maximum Gasteiger partial charge on any atom is 0.343 e. The SMILES string of the molecule is COC(=O)/C(=C/Nc1ccc(F)cc1F)C(=O)c1cc(F)c(F)cc1F. The van der Waals surface area contributed by atoms with E-state index in [4.69, 9.17) is 0 Å². The number of ketones is 1. The van der Waals surface area contributed by atoms with Crippen LogP contribution in [0.2, 0.25) is 0 Å². The molecule has 2 aromatic rings. The van der Waals surface area contributed by atoms with Crippen LogP contribution in [0.15, 0.2) is 42.1 Å². The van der Waals surface area contributed by atoms with Gasteiger partial charge in [-0.05, 0) is 18.2 Å². The minimum absolute atomic E-state index is 0.143. The Labute approximate surface area is 143 Å². The molecule has 26 heavy (non-hydrogen) atoms. The number of carbonyl (C=O) groups excluding carboxylic acids is 2. The highest BCUT2D eigenvalue weighted by Gasteiger charge is 2.25. The predicted octanol–water partition coefficient (Wildman–Crippen LogP) is 3.73. The summed E-state index contributed by atoms with van der Waals surface area (Å²) in [7, 11) is 0.920. The van der Waals surface area contributed by atoms with Crippen LogP contribution in [0, 0.1) is 29.1 Å². The molecular weight excluding hydrogens is 361 g/mol. The molecule has 0 aliphatic carbocycles. The van der Waals surface area contributed by atoms with Gasteiger partial charge in [0.1, 0.15) is 23.0 Å². The van der Waals surface area contributed by atoms with Crippen molar-refractivity contribution in [2.45, 2.75) is 0 Å². The molecule has 136 valence electrons. The van der Waals surface area contributed by atoms with Crippen molar-refractivity contribution in [2.75, 3.05) is 12.4 Å². The number of anilines is 1. The molecule has 0 spiro atoms. The third-order valence-electron chi connectivity index (χ3n) is 3.21. The van der Waals surface area contributed by atoms with Gasteiger partial charge >= 0.3 is 5.97 Å². The number of hydrogen-bond acceptors (Lipinski definition) is 4. The van der Waals surface area contributed by atoms with Gasteiger partial charge in [-0.3, -0.25) is 4.79 Å². The first-order valence-corrected chi connectivity index (χ1v) is 6.94. The number of benzene rings is 2. The second kappa shape index (κ2) is 7.77. The van der Waals surface area contributed by atoms with Gasteiger partial charge in [0, 0.05) is 18.3 Å². The van der Waals surface area contributed by atoms with Crippen molar-refractivity contribution in [3.05, 3.63) is 76.8 Å². The van der Waals surface area contributed by atoms with Crippen molar-refractivity contribution in [1.29, 1.82) is 0 Å². The number of hydrogen-bond donors (Lipinski definition) is 1. The maximum atomic E-state index is 13.8. The number of methoxy groups -OCH3 is 1. The molecule has 0 saturated heterocycles. The van der Waals surface area contributed by atoms with Gasteiger partial charge in [0.2, 0.25) is 5.78 Å². The molecule has 0 aromatic heterocycles. The highest BCUT2D eigenvalue weighted by molar-refractivity contribution is 6.24. The zero-order valence-electron chi connectivity index (χ0n) is 13.1. The number of rotatable bonds is 5. The third kappa shape index (κ3) is 4.05. The monoisotopic (exact) mass is 371 g/mol. The lowest BCUT2D eigenvalue weighted by Gasteiger charge is -2.08. The van der Waals surface area contributed by atoms with E-state index < -0.39 is 52.0 Å². The summed E-state index contributed by atoms with van der Waals surface area (Å²) in [4.78, 5) is 24.1. The molecule has 2 aromatic carbocycles. The van der Waals surface area contributed by atoms with Crippen molar-refractivity contribution in [2.24, 2.45) is 0 Å². The molecule has 0 aliphatic rings. The number of carbonyl (C=O) groups is 2. The van der Waals surface area contributed by atoms with Gasteiger partial charge in [-0.25, -0.2) is 26.7 Å². The Morgan fingerprint density at radius 2 is 1.58 bits per heavy atom. The molecule has 0 radical (unpaired) electrons. The van der Waals surface area contributed by atoms with Crippen LogP contribution in [0.25, 0.3) is 0 Å². The Bertz CT molecular complexity index is 912. The molecular formula is C17H10F5NO3. The van der Waals surface area contributed by atoms with Gasteiger partial charge in [0.15, 0.2) is 11.6 Å². The Morgan fingerprint density at radius 1 is 0.923 bits per heavy atom. The molecule has 1 N–H and O–H groups in total. The first kappa shape index (κ1) is 19.1. The third-order valence-corrected chi connectivity index (χ3v) is 3.21. The maximum absolute atomic E-state index is 13.8. The fraction of sp³-hybridized carbons (Fsp3) is 0.0588. The second-order valence-corrected chi connectivity index (χ2v) is 4.89. The van der Waals surface area contributed by atoms with E-state index in [2.05, 4.69) is 10.1 Å². The van der Waals surface area contributed by atoms with Gasteiger partial charge in [-0.15, -0.1) is 0 Å². The van der Waals surface area contributed by atoms with Crippen molar-refractivity contribution in [1.82, 2.24) is 0 Å². The average molecular weight is 371 g/mol. The van der Waals surface area contributed by atoms with E-state index in [1.54, 1.807) is 0 Å². The Kier molecular flexibility index (Phi) is 5.71. The quantitative estimate of drug-likeness (QED) is 0.166. The van der Waals surface area contributed by atoms with Crippen LogP contribution in [0.5, 0.6) is 0 Å². The van der Waals surface area contributed by atoms with Crippen LogP contribution in [-0.2, 0) is 9.53 Å². The number of ether oxygens (including phenoxy) is 1. The van der Waals surface area contributed by atoms with Crippen molar-refractivity contribution in [3.63, 3.8) is 0 Å². The zero-order chi connectivity index (χ0) is 19.4. The van der Waals surface area contributed by atoms with Crippen LogP contribution in [0.1, 0.15) is 10.4 Å². The lowest BCUT2D eigenvalue weighted by atomic mass is 10.0. The van der Waals surface area contributed by atoms with Gasteiger partial charge in [-0.2, -0.15) is 0 Å². The molecule has 0 unspecified atom stereocenters. The molecule has 2 rings (SSSR count). The van der Waals surface area contributed by atoms with E-state index in [1.165, 1.54) is 0 Å². The summed E-state index contributed by atoms with van der Waals surface area (Å²) in [5.41, 5.74) is -2.05. The van der Waals surface area contributed by atoms with Crippen LogP contribution < -0.4 is 5.32 Å². The highest BCUT2D eigenvalue weighted by Crippen LogP contribution is 2.20. The fourth-order valence-electron chi connectivity index (χ4n) is 1.93. The van der Waals surface area contributed by atoms with Crippen LogP contribution in [0.3, 0.4) is 0 Å². The smallest absolute Gasteiger partial charge is 0.343 e. The predicted molar refractivity (Wildman–Crippen MR) is 80.7 cm³/mol. The number of Topliss-reactive ketones (excluding diaryl/α,β-unsaturated/α-hetero) is 1. The molecule has 0 bridgehead atoms. The summed E-state index contributed by atoms with van der Waals surface area (Å²) >= 11 is 0. The van der Waals surface area contributed by atoms with E-state index in [1.807, 2.05) is 0 Å². The molecule has 0 saturated carbocycles. The minimum atomic E-state index is -1.52. The van der Waals surface area contributed by atoms with Crippen LogP contribution in [0.4, 0.5) is 27.6 Å². The first-order valence-electron chi connectivity index (χ1n) is 6.94. The minimum Gasteiger partial charge on any atom is -0.465 e. The molecule has 0 amide bonds. The molecule has 0 heterocycles. The van der Waals surface area contributed by atoms with E-state index in [0.29, 0.717) is 12.3 Å². The summed E-state index contributed by atoms with van der Waals surface area (Å²) < 4.78 is 70.8. The van der Waals surface area contributed by atoms with E-state index >= 15 is 0 Å². The van der Waals surface area contributed by atoms with Crippen molar-refractivity contribution in [3.8, 4) is 0 Å². The number of nitrogens with one attached hydrogen (secondary N) is 1. The molecule has 0 fully saturated rings. The van der Waals surface area contributed by atoms with E-state index in [0.717, 1.165) is 19.2 Å². The Hall–Kier alpha value is -3.23. The molecule has 4 nitrogen and oxygen atoms in total. The van der Waals surface area contributed by atoms with Crippen LogP contribution >= 0.6 is 0 Å². The summed E-state index contributed by atoms with van der Waals surface area (Å²) in [6.07, 6.45) is 0.686. The summed E-state index contributed by atoms with van der Waals surface area (Å²) in [6.45, 7) is 0. The highest BCUT2D eigenvalue weighted by atomic mass is 19.2. The zero-order valence-corrected chi connectivity index (χ0v) is 13.1. The number of esters is 1. The molecule has 9 heteroatoms. The largest absolute Gasteiger partial charge is 0.465 e. The van der Waals surface area contributed by atoms with E-state index in [9.17, 15) is 31.5 Å². The lowest BCUT2D eigenvalue weighted by molar-refractivity contribution is -0.135. The topological polar surface area (TPSA) is 55.4 Å². The standard InChI is InChI=1S/C17H10F5NO3/c1-26-17(25)10(7-23-15-3-2-8(18)4-14(15)22)16(24)9-5-12(20)13(21)6-11(9)19/h2-7,23H,1H3/b10-7+. The average Bonchev–Trinajstić information content (AvgIpc) is 2.59. The number of halogens is 5. The van der Waals surface area contributed by atoms with Crippen molar-refractivity contribution < 1.29 is 36.3 Å². The lowest BCUT2D eigenvalue weighted by Crippen LogP contribution is -2.18. The molecule has 0 aliphatic heterocycles. The molecule has 0 atom stereocenters. The Morgan fingerprint density at radius 3 is 2.19 bits per heavy atom. The van der Waals surface area contributed by atoms with E-state index in [-0.39, 0.29) is 17.8 Å². The van der Waals surface area contributed by atoms with Gasteiger partial charge < -0.3 is 10.1 Å². The summed E-state index contributed by atoms with van der Waals surface area (Å²) in [5, 5.41) is 2.24. The fourth-order valence-corrected chi connectivity index (χ4v) is 1.93. The van der Waals surface area contributed by atoms with Gasteiger partial charge in [0.25, 0.3) is 0 Å². The normalized spacial score (nSPS) is 11.2. The van der Waals surface area contributed by atoms with Crippen molar-refractivity contribution >= 4 is 17.4 Å². The van der Waals surface area contributed by atoms with Gasteiger partial charge in [0.05, 0.1) is 18.4 Å². The first-order chi connectivity index (χ1) is 12.2.